The van der Waals surface area contributed by atoms with Crippen LogP contribution in [0.4, 0.5) is 0 Å². The van der Waals surface area contributed by atoms with E-state index >= 15 is 0 Å². The molecule has 1 rings (SSSR count). The van der Waals surface area contributed by atoms with Crippen molar-refractivity contribution in [3.63, 3.8) is 0 Å². The third kappa shape index (κ3) is 3.10. The van der Waals surface area contributed by atoms with E-state index in [1.165, 1.54) is 0 Å². The maximum atomic E-state index is 11.8. The Kier molecular flexibility index (Phi) is 4.62. The number of carbonyl (C=O) groups excluding carboxylic acids is 1. The summed E-state index contributed by atoms with van der Waals surface area (Å²) in [4.78, 5) is 13.5. The Morgan fingerprint density at radius 2 is 2.21 bits per heavy atom. The van der Waals surface area contributed by atoms with Crippen molar-refractivity contribution in [2.24, 2.45) is 0 Å². The van der Waals surface area contributed by atoms with Gasteiger partial charge in [0, 0.05) is 29.0 Å². The first-order valence-corrected chi connectivity index (χ1v) is 6.13. The molecule has 2 nitrogen and oxygen atoms in total. The second-order valence-electron chi connectivity index (χ2n) is 2.93. The standard InChI is InChI=1S/C10H11Br2NO/c1-13(6-5-11)10(14)8-3-2-4-9(12)7-8/h2-4,7H,5-6H2,1H3. The van der Waals surface area contributed by atoms with Crippen molar-refractivity contribution in [1.82, 2.24) is 4.90 Å². The van der Waals surface area contributed by atoms with Crippen LogP contribution in [0.2, 0.25) is 0 Å². The first-order valence-electron chi connectivity index (χ1n) is 4.22. The Morgan fingerprint density at radius 1 is 1.50 bits per heavy atom. The van der Waals surface area contributed by atoms with E-state index in [4.69, 9.17) is 0 Å². The van der Waals surface area contributed by atoms with Gasteiger partial charge in [-0.2, -0.15) is 0 Å². The topological polar surface area (TPSA) is 20.3 Å². The van der Waals surface area contributed by atoms with Crippen molar-refractivity contribution in [2.75, 3.05) is 18.9 Å². The number of halogens is 2. The predicted molar refractivity (Wildman–Crippen MR) is 64.9 cm³/mol. The number of alkyl halides is 1. The molecule has 1 aromatic rings. The van der Waals surface area contributed by atoms with Crippen LogP contribution >= 0.6 is 31.9 Å². The zero-order valence-electron chi connectivity index (χ0n) is 7.84. The van der Waals surface area contributed by atoms with Crippen molar-refractivity contribution < 1.29 is 4.79 Å². The maximum absolute atomic E-state index is 11.8. The van der Waals surface area contributed by atoms with E-state index in [0.29, 0.717) is 12.1 Å². The zero-order valence-corrected chi connectivity index (χ0v) is 11.0. The molecule has 0 aliphatic heterocycles. The molecule has 1 amide bonds. The fourth-order valence-electron chi connectivity index (χ4n) is 1.07. The highest BCUT2D eigenvalue weighted by molar-refractivity contribution is 9.10. The molecular formula is C10H11Br2NO. The van der Waals surface area contributed by atoms with E-state index in [-0.39, 0.29) is 5.91 Å². The molecular weight excluding hydrogens is 310 g/mol. The van der Waals surface area contributed by atoms with E-state index in [2.05, 4.69) is 31.9 Å². The average molecular weight is 321 g/mol. The first-order chi connectivity index (χ1) is 6.65. The number of amides is 1. The lowest BCUT2D eigenvalue weighted by Gasteiger charge is -2.15. The summed E-state index contributed by atoms with van der Waals surface area (Å²) in [5.74, 6) is 0.0470. The van der Waals surface area contributed by atoms with Crippen molar-refractivity contribution in [2.45, 2.75) is 0 Å². The summed E-state index contributed by atoms with van der Waals surface area (Å²) in [6.07, 6.45) is 0. The highest BCUT2D eigenvalue weighted by Gasteiger charge is 2.10. The van der Waals surface area contributed by atoms with Gasteiger partial charge < -0.3 is 4.90 Å². The molecule has 0 radical (unpaired) electrons. The monoisotopic (exact) mass is 319 g/mol. The fraction of sp³-hybridized carbons (Fsp3) is 0.300. The normalized spacial score (nSPS) is 9.93. The molecule has 0 fully saturated rings. The summed E-state index contributed by atoms with van der Waals surface area (Å²) in [5, 5.41) is 0.795. The van der Waals surface area contributed by atoms with Crippen LogP contribution in [0.15, 0.2) is 28.7 Å². The summed E-state index contributed by atoms with van der Waals surface area (Å²) in [7, 11) is 1.80. The molecule has 0 N–H and O–H groups in total. The number of rotatable bonds is 3. The van der Waals surface area contributed by atoms with Crippen LogP contribution in [-0.2, 0) is 0 Å². The fourth-order valence-corrected chi connectivity index (χ4v) is 2.00. The molecule has 0 aliphatic rings. The van der Waals surface area contributed by atoms with Crippen LogP contribution in [-0.4, -0.2) is 29.7 Å². The maximum Gasteiger partial charge on any atom is 0.253 e. The van der Waals surface area contributed by atoms with Gasteiger partial charge in [-0.15, -0.1) is 0 Å². The first kappa shape index (κ1) is 11.7. The summed E-state index contributed by atoms with van der Waals surface area (Å²) in [5.41, 5.74) is 0.711. The molecule has 0 atom stereocenters. The lowest BCUT2D eigenvalue weighted by Crippen LogP contribution is -2.28. The molecule has 0 spiro atoms. The van der Waals surface area contributed by atoms with Gasteiger partial charge in [0.25, 0.3) is 5.91 Å². The summed E-state index contributed by atoms with van der Waals surface area (Å²) < 4.78 is 0.926. The third-order valence-electron chi connectivity index (χ3n) is 1.84. The van der Waals surface area contributed by atoms with Crippen LogP contribution < -0.4 is 0 Å². The second kappa shape index (κ2) is 5.51. The van der Waals surface area contributed by atoms with Gasteiger partial charge in [-0.3, -0.25) is 4.79 Å². The predicted octanol–water partition coefficient (Wildman–Crippen LogP) is 2.92. The number of carbonyl (C=O) groups is 1. The SMILES string of the molecule is CN(CCBr)C(=O)c1cccc(Br)c1. The third-order valence-corrected chi connectivity index (χ3v) is 2.69. The van der Waals surface area contributed by atoms with Crippen LogP contribution in [0.25, 0.3) is 0 Å². The molecule has 76 valence electrons. The quantitative estimate of drug-likeness (QED) is 0.784. The zero-order chi connectivity index (χ0) is 10.6. The van der Waals surface area contributed by atoms with Crippen molar-refractivity contribution in [3.05, 3.63) is 34.3 Å². The van der Waals surface area contributed by atoms with Crippen LogP contribution in [0, 0.1) is 0 Å². The molecule has 1 aromatic carbocycles. The Morgan fingerprint density at radius 3 is 2.79 bits per heavy atom. The second-order valence-corrected chi connectivity index (χ2v) is 4.63. The Hall–Kier alpha value is -0.350. The number of nitrogens with zero attached hydrogens (tertiary/aromatic N) is 1. The highest BCUT2D eigenvalue weighted by Crippen LogP contribution is 2.12. The Balaban J connectivity index is 2.78. The van der Waals surface area contributed by atoms with Crippen LogP contribution in [0.5, 0.6) is 0 Å². The molecule has 0 unspecified atom stereocenters. The van der Waals surface area contributed by atoms with Crippen molar-refractivity contribution in [3.8, 4) is 0 Å². The van der Waals surface area contributed by atoms with E-state index in [1.807, 2.05) is 24.3 Å². The Bertz CT molecular complexity index is 328. The number of benzene rings is 1. The summed E-state index contributed by atoms with van der Waals surface area (Å²) in [6.45, 7) is 0.714. The van der Waals surface area contributed by atoms with Gasteiger partial charge in [0.05, 0.1) is 0 Å². The molecule has 4 heteroatoms. The van der Waals surface area contributed by atoms with Gasteiger partial charge in [0.15, 0.2) is 0 Å². The van der Waals surface area contributed by atoms with Gasteiger partial charge in [-0.25, -0.2) is 0 Å². The van der Waals surface area contributed by atoms with E-state index < -0.39 is 0 Å². The van der Waals surface area contributed by atoms with Gasteiger partial charge >= 0.3 is 0 Å². The molecule has 0 bridgehead atoms. The average Bonchev–Trinajstić information content (AvgIpc) is 2.17. The van der Waals surface area contributed by atoms with E-state index in [1.54, 1.807) is 11.9 Å². The lowest BCUT2D eigenvalue weighted by atomic mass is 10.2. The minimum absolute atomic E-state index is 0.0470. The molecule has 0 saturated carbocycles. The smallest absolute Gasteiger partial charge is 0.253 e. The summed E-state index contributed by atoms with van der Waals surface area (Å²) in [6, 6.07) is 7.41. The minimum Gasteiger partial charge on any atom is -0.341 e. The van der Waals surface area contributed by atoms with Gasteiger partial charge in [0.1, 0.15) is 0 Å². The molecule has 0 aromatic heterocycles. The molecule has 0 saturated heterocycles. The number of hydrogen-bond acceptors (Lipinski definition) is 1. The van der Waals surface area contributed by atoms with Gasteiger partial charge in [0.2, 0.25) is 0 Å². The van der Waals surface area contributed by atoms with Crippen molar-refractivity contribution in [1.29, 1.82) is 0 Å². The summed E-state index contributed by atoms with van der Waals surface area (Å²) >= 11 is 6.64. The molecule has 14 heavy (non-hydrogen) atoms. The van der Waals surface area contributed by atoms with E-state index in [9.17, 15) is 4.79 Å². The Labute approximate surface area is 101 Å². The van der Waals surface area contributed by atoms with Gasteiger partial charge in [-0.1, -0.05) is 37.9 Å². The number of hydrogen-bond donors (Lipinski definition) is 0. The largest absolute Gasteiger partial charge is 0.341 e. The van der Waals surface area contributed by atoms with Gasteiger partial charge in [-0.05, 0) is 18.2 Å². The minimum atomic E-state index is 0.0470. The van der Waals surface area contributed by atoms with Crippen molar-refractivity contribution >= 4 is 37.8 Å². The van der Waals surface area contributed by atoms with Crippen LogP contribution in [0.1, 0.15) is 10.4 Å². The molecule has 0 heterocycles. The van der Waals surface area contributed by atoms with E-state index in [0.717, 1.165) is 9.80 Å². The van der Waals surface area contributed by atoms with Crippen LogP contribution in [0.3, 0.4) is 0 Å². The highest BCUT2D eigenvalue weighted by atomic mass is 79.9. The molecule has 0 aliphatic carbocycles. The lowest BCUT2D eigenvalue weighted by molar-refractivity contribution is 0.0804.